The number of nitrogens with zero attached hydrogens (tertiary/aromatic N) is 1. The molecule has 0 fully saturated rings. The van der Waals surface area contributed by atoms with Gasteiger partial charge in [-0.2, -0.15) is 0 Å². The van der Waals surface area contributed by atoms with Crippen LogP contribution in [0.4, 0.5) is 0 Å². The number of pyridine rings is 1. The van der Waals surface area contributed by atoms with Gasteiger partial charge in [-0.15, -0.1) is 11.3 Å². The zero-order valence-electron chi connectivity index (χ0n) is 13.0. The van der Waals surface area contributed by atoms with Crippen molar-refractivity contribution >= 4 is 11.3 Å². The number of thiophene rings is 1. The zero-order valence-corrected chi connectivity index (χ0v) is 13.9. The molecule has 0 spiro atoms. The van der Waals surface area contributed by atoms with E-state index in [1.807, 2.05) is 24.5 Å². The second-order valence-corrected chi connectivity index (χ2v) is 6.35. The SMILES string of the molecule is Cc1ccc(-c2sc(C#CCCN)cc2-c2ccncc2)cc1. The Morgan fingerprint density at radius 1 is 1.04 bits per heavy atom. The number of rotatable bonds is 3. The maximum absolute atomic E-state index is 5.52. The van der Waals surface area contributed by atoms with Gasteiger partial charge in [0.1, 0.15) is 0 Å². The lowest BCUT2D eigenvalue weighted by Gasteiger charge is -2.04. The van der Waals surface area contributed by atoms with Gasteiger partial charge < -0.3 is 5.73 Å². The lowest BCUT2D eigenvalue weighted by atomic mass is 10.0. The summed E-state index contributed by atoms with van der Waals surface area (Å²) >= 11 is 1.73. The summed E-state index contributed by atoms with van der Waals surface area (Å²) in [4.78, 5) is 6.43. The fourth-order valence-corrected chi connectivity index (χ4v) is 3.40. The third-order valence-electron chi connectivity index (χ3n) is 3.52. The van der Waals surface area contributed by atoms with E-state index in [1.165, 1.54) is 27.1 Å². The fourth-order valence-electron chi connectivity index (χ4n) is 2.34. The molecule has 0 aliphatic carbocycles. The maximum atomic E-state index is 5.52. The van der Waals surface area contributed by atoms with E-state index in [1.54, 1.807) is 11.3 Å². The Morgan fingerprint density at radius 2 is 1.78 bits per heavy atom. The van der Waals surface area contributed by atoms with E-state index in [9.17, 15) is 0 Å². The number of hydrogen-bond donors (Lipinski definition) is 1. The number of benzene rings is 1. The van der Waals surface area contributed by atoms with Crippen molar-refractivity contribution < 1.29 is 0 Å². The van der Waals surface area contributed by atoms with Gasteiger partial charge in [0.25, 0.3) is 0 Å². The average molecular weight is 318 g/mol. The molecule has 0 aliphatic rings. The smallest absolute Gasteiger partial charge is 0.0781 e. The zero-order chi connectivity index (χ0) is 16.1. The van der Waals surface area contributed by atoms with Crippen molar-refractivity contribution in [1.29, 1.82) is 0 Å². The molecule has 114 valence electrons. The number of hydrogen-bond acceptors (Lipinski definition) is 3. The Kier molecular flexibility index (Phi) is 4.87. The predicted octanol–water partition coefficient (Wildman–Crippen LogP) is 4.49. The highest BCUT2D eigenvalue weighted by Gasteiger charge is 2.12. The largest absolute Gasteiger partial charge is 0.330 e. The molecule has 1 aromatic carbocycles. The van der Waals surface area contributed by atoms with E-state index in [2.05, 4.69) is 54.1 Å². The first-order valence-electron chi connectivity index (χ1n) is 7.58. The van der Waals surface area contributed by atoms with Crippen molar-refractivity contribution in [2.75, 3.05) is 6.54 Å². The first-order valence-corrected chi connectivity index (χ1v) is 8.40. The van der Waals surface area contributed by atoms with Crippen LogP contribution in [0.15, 0.2) is 54.9 Å². The summed E-state index contributed by atoms with van der Waals surface area (Å²) in [5, 5.41) is 0. The number of aromatic nitrogens is 1. The highest BCUT2D eigenvalue weighted by Crippen LogP contribution is 2.39. The molecule has 0 radical (unpaired) electrons. The van der Waals surface area contributed by atoms with Crippen LogP contribution in [0.5, 0.6) is 0 Å². The van der Waals surface area contributed by atoms with Gasteiger partial charge in [-0.1, -0.05) is 41.7 Å². The van der Waals surface area contributed by atoms with Gasteiger partial charge in [0, 0.05) is 35.8 Å². The molecule has 3 rings (SSSR count). The molecule has 3 aromatic rings. The summed E-state index contributed by atoms with van der Waals surface area (Å²) in [6.07, 6.45) is 4.37. The van der Waals surface area contributed by atoms with Gasteiger partial charge in [-0.05, 0) is 36.2 Å². The molecular formula is C20H18N2S. The van der Waals surface area contributed by atoms with Crippen LogP contribution in [0, 0.1) is 18.8 Å². The Balaban J connectivity index is 2.09. The summed E-state index contributed by atoms with van der Waals surface area (Å²) in [6.45, 7) is 2.70. The second kappa shape index (κ2) is 7.23. The van der Waals surface area contributed by atoms with Crippen LogP contribution in [0.1, 0.15) is 16.9 Å². The van der Waals surface area contributed by atoms with Crippen LogP contribution in [0.2, 0.25) is 0 Å². The van der Waals surface area contributed by atoms with E-state index in [4.69, 9.17) is 5.73 Å². The molecule has 2 nitrogen and oxygen atoms in total. The van der Waals surface area contributed by atoms with Crippen molar-refractivity contribution in [2.45, 2.75) is 13.3 Å². The number of aryl methyl sites for hydroxylation is 1. The van der Waals surface area contributed by atoms with Crippen molar-refractivity contribution in [3.8, 4) is 33.4 Å². The summed E-state index contributed by atoms with van der Waals surface area (Å²) in [5.74, 6) is 6.36. The molecule has 0 aliphatic heterocycles. The van der Waals surface area contributed by atoms with Crippen LogP contribution in [0.25, 0.3) is 21.6 Å². The normalized spacial score (nSPS) is 10.2. The predicted molar refractivity (Wildman–Crippen MR) is 98.3 cm³/mol. The topological polar surface area (TPSA) is 38.9 Å². The van der Waals surface area contributed by atoms with Gasteiger partial charge >= 0.3 is 0 Å². The minimum atomic E-state index is 0.598. The monoisotopic (exact) mass is 318 g/mol. The Bertz CT molecular complexity index is 837. The Morgan fingerprint density at radius 3 is 2.48 bits per heavy atom. The van der Waals surface area contributed by atoms with E-state index in [0.29, 0.717) is 6.54 Å². The average Bonchev–Trinajstić information content (AvgIpc) is 3.01. The molecule has 3 heteroatoms. The molecular weight excluding hydrogens is 300 g/mol. The third-order valence-corrected chi connectivity index (χ3v) is 4.62. The van der Waals surface area contributed by atoms with Gasteiger partial charge in [0.05, 0.1) is 4.88 Å². The molecule has 23 heavy (non-hydrogen) atoms. The van der Waals surface area contributed by atoms with E-state index in [0.717, 1.165) is 11.3 Å². The van der Waals surface area contributed by atoms with Gasteiger partial charge in [-0.3, -0.25) is 4.98 Å². The highest BCUT2D eigenvalue weighted by molar-refractivity contribution is 7.16. The first kappa shape index (κ1) is 15.5. The molecule has 0 bridgehead atoms. The van der Waals surface area contributed by atoms with Crippen LogP contribution < -0.4 is 5.73 Å². The minimum Gasteiger partial charge on any atom is -0.330 e. The summed E-state index contributed by atoms with van der Waals surface area (Å²) in [5.41, 5.74) is 10.4. The van der Waals surface area contributed by atoms with Crippen molar-refractivity contribution in [2.24, 2.45) is 5.73 Å². The highest BCUT2D eigenvalue weighted by atomic mass is 32.1. The Labute approximate surface area is 141 Å². The third kappa shape index (κ3) is 3.68. The van der Waals surface area contributed by atoms with Crippen molar-refractivity contribution in [3.63, 3.8) is 0 Å². The second-order valence-electron chi connectivity index (χ2n) is 5.30. The fraction of sp³-hybridized carbons (Fsp3) is 0.150. The van der Waals surface area contributed by atoms with Gasteiger partial charge in [-0.25, -0.2) is 0 Å². The molecule has 0 saturated carbocycles. The lowest BCUT2D eigenvalue weighted by molar-refractivity contribution is 1.03. The molecule has 2 N–H and O–H groups in total. The molecule has 2 heterocycles. The maximum Gasteiger partial charge on any atom is 0.0781 e. The molecule has 0 unspecified atom stereocenters. The van der Waals surface area contributed by atoms with E-state index in [-0.39, 0.29) is 0 Å². The van der Waals surface area contributed by atoms with Crippen LogP contribution >= 0.6 is 11.3 Å². The minimum absolute atomic E-state index is 0.598. The standard InChI is InChI=1S/C20H18N2S/c1-15-5-7-17(8-6-15)20-19(16-9-12-22-13-10-16)14-18(23-20)4-2-3-11-21/h5-10,12-14H,3,11,21H2,1H3. The van der Waals surface area contributed by atoms with E-state index >= 15 is 0 Å². The molecule has 2 aromatic heterocycles. The first-order chi connectivity index (χ1) is 11.3. The quantitative estimate of drug-likeness (QED) is 0.723. The van der Waals surface area contributed by atoms with Crippen molar-refractivity contribution in [3.05, 3.63) is 65.3 Å². The molecule has 0 saturated heterocycles. The summed E-state index contributed by atoms with van der Waals surface area (Å²) < 4.78 is 0. The molecule has 0 atom stereocenters. The van der Waals surface area contributed by atoms with Crippen LogP contribution in [0.3, 0.4) is 0 Å². The lowest BCUT2D eigenvalue weighted by Crippen LogP contribution is -1.95. The van der Waals surface area contributed by atoms with Gasteiger partial charge in [0.15, 0.2) is 0 Å². The van der Waals surface area contributed by atoms with E-state index < -0.39 is 0 Å². The van der Waals surface area contributed by atoms with Crippen LogP contribution in [-0.4, -0.2) is 11.5 Å². The van der Waals surface area contributed by atoms with Gasteiger partial charge in [0.2, 0.25) is 0 Å². The number of nitrogens with two attached hydrogens (primary N) is 1. The molecule has 0 amide bonds. The summed E-state index contributed by atoms with van der Waals surface area (Å²) in [7, 11) is 0. The van der Waals surface area contributed by atoms with Crippen LogP contribution in [-0.2, 0) is 0 Å². The Hall–Kier alpha value is -2.41. The summed E-state index contributed by atoms with van der Waals surface area (Å²) in [6, 6.07) is 14.9. The van der Waals surface area contributed by atoms with Crippen molar-refractivity contribution in [1.82, 2.24) is 4.98 Å².